The van der Waals surface area contributed by atoms with E-state index in [2.05, 4.69) is 4.98 Å². The molecule has 0 spiro atoms. The molecule has 0 amide bonds. The fraction of sp³-hybridized carbons (Fsp3) is 0.111. The topological polar surface area (TPSA) is 59.4 Å². The highest BCUT2D eigenvalue weighted by Gasteiger charge is 2.29. The summed E-state index contributed by atoms with van der Waals surface area (Å²) in [5, 5.41) is 11.5. The molecule has 0 bridgehead atoms. The largest absolute Gasteiger partial charge is 0.490 e. The number of hydrogen-bond acceptors (Lipinski definition) is 4. The zero-order chi connectivity index (χ0) is 24.8. The highest BCUT2D eigenvalue weighted by molar-refractivity contribution is 7.13. The van der Waals surface area contributed by atoms with Crippen LogP contribution < -0.4 is 4.74 Å². The van der Waals surface area contributed by atoms with Crippen molar-refractivity contribution in [1.82, 2.24) is 4.98 Å². The van der Waals surface area contributed by atoms with Gasteiger partial charge in [-0.25, -0.2) is 4.98 Å². The lowest BCUT2D eigenvalue weighted by molar-refractivity contribution is -0.138. The Morgan fingerprint density at radius 2 is 1.66 bits per heavy atom. The number of carboxylic acid groups (broad SMARTS) is 1. The molecule has 35 heavy (non-hydrogen) atoms. The summed E-state index contributed by atoms with van der Waals surface area (Å²) in [6.45, 7) is 0.260. The van der Waals surface area contributed by atoms with Gasteiger partial charge < -0.3 is 9.84 Å². The third-order valence-electron chi connectivity index (χ3n) is 5.06. The number of nitrogens with zero attached hydrogens (tertiary/aromatic N) is 1. The zero-order valence-electron chi connectivity index (χ0n) is 18.3. The summed E-state index contributed by atoms with van der Waals surface area (Å²) < 4.78 is 43.8. The summed E-state index contributed by atoms with van der Waals surface area (Å²) in [4.78, 5) is 15.3. The highest BCUT2D eigenvalue weighted by atomic mass is 32.1. The molecule has 0 radical (unpaired) electrons. The second-order valence-electron chi connectivity index (χ2n) is 7.66. The Bertz CT molecular complexity index is 1340. The van der Waals surface area contributed by atoms with Crippen LogP contribution in [0.1, 0.15) is 16.8 Å². The van der Waals surface area contributed by atoms with Crippen molar-refractivity contribution in [2.24, 2.45) is 0 Å². The monoisotopic (exact) mass is 495 g/mol. The first kappa shape index (κ1) is 24.2. The van der Waals surface area contributed by atoms with Crippen LogP contribution in [0.3, 0.4) is 0 Å². The SMILES string of the molecule is O=C(O)Cc1csc(-c2cccc(-c3cccc(OC/C=C/c4ccc(C(F)(F)F)cc4)c3)c2)n1. The first-order valence-corrected chi connectivity index (χ1v) is 11.5. The van der Waals surface area contributed by atoms with E-state index in [9.17, 15) is 18.0 Å². The van der Waals surface area contributed by atoms with Gasteiger partial charge in [-0.1, -0.05) is 48.5 Å². The predicted molar refractivity (Wildman–Crippen MR) is 130 cm³/mol. The number of alkyl halides is 3. The van der Waals surface area contributed by atoms with E-state index >= 15 is 0 Å². The summed E-state index contributed by atoms with van der Waals surface area (Å²) in [6.07, 6.45) is -1.00. The van der Waals surface area contributed by atoms with Gasteiger partial charge in [-0.05, 0) is 53.1 Å². The first-order chi connectivity index (χ1) is 16.8. The maximum absolute atomic E-state index is 12.7. The lowest BCUT2D eigenvalue weighted by Gasteiger charge is -2.08. The minimum atomic E-state index is -4.35. The van der Waals surface area contributed by atoms with Crippen LogP contribution in [0.4, 0.5) is 13.2 Å². The van der Waals surface area contributed by atoms with Gasteiger partial charge in [0.05, 0.1) is 17.7 Å². The summed E-state index contributed by atoms with van der Waals surface area (Å²) in [6, 6.07) is 20.3. The van der Waals surface area contributed by atoms with Crippen molar-refractivity contribution in [3.05, 3.63) is 101 Å². The molecule has 8 heteroatoms. The van der Waals surface area contributed by atoms with Crippen LogP contribution in [0.2, 0.25) is 0 Å². The van der Waals surface area contributed by atoms with E-state index in [4.69, 9.17) is 9.84 Å². The van der Waals surface area contributed by atoms with Crippen molar-refractivity contribution < 1.29 is 27.8 Å². The molecule has 0 saturated heterocycles. The number of carboxylic acids is 1. The van der Waals surface area contributed by atoms with E-state index in [1.165, 1.54) is 23.5 Å². The normalized spacial score (nSPS) is 11.6. The van der Waals surface area contributed by atoms with Crippen LogP contribution in [0, 0.1) is 0 Å². The van der Waals surface area contributed by atoms with Crippen LogP contribution in [0.25, 0.3) is 27.8 Å². The summed E-state index contributed by atoms with van der Waals surface area (Å²) in [5.41, 5.74) is 3.31. The van der Waals surface area contributed by atoms with Crippen LogP contribution >= 0.6 is 11.3 Å². The van der Waals surface area contributed by atoms with Gasteiger partial charge in [0.25, 0.3) is 0 Å². The lowest BCUT2D eigenvalue weighted by atomic mass is 10.0. The minimum Gasteiger partial charge on any atom is -0.490 e. The van der Waals surface area contributed by atoms with Crippen molar-refractivity contribution in [2.75, 3.05) is 6.61 Å². The lowest BCUT2D eigenvalue weighted by Crippen LogP contribution is -2.03. The van der Waals surface area contributed by atoms with Gasteiger partial charge in [0.15, 0.2) is 0 Å². The van der Waals surface area contributed by atoms with Crippen LogP contribution in [0.5, 0.6) is 5.75 Å². The van der Waals surface area contributed by atoms with Gasteiger partial charge in [0.1, 0.15) is 17.4 Å². The molecule has 0 aliphatic heterocycles. The molecular weight excluding hydrogens is 475 g/mol. The number of ether oxygens (including phenoxy) is 1. The molecule has 4 aromatic rings. The highest BCUT2D eigenvalue weighted by Crippen LogP contribution is 2.31. The standard InChI is InChI=1S/C27H20F3NO3S/c28-27(29,30)22-11-9-18(10-12-22)4-3-13-34-24-8-2-6-20(15-24)19-5-1-7-21(14-19)26-31-23(17-35-26)16-25(32)33/h1-12,14-15,17H,13,16H2,(H,32,33)/b4-3+. The third kappa shape index (κ3) is 6.58. The number of benzene rings is 3. The number of thiazole rings is 1. The van der Waals surface area contributed by atoms with Crippen molar-refractivity contribution in [1.29, 1.82) is 0 Å². The Morgan fingerprint density at radius 1 is 0.971 bits per heavy atom. The Morgan fingerprint density at radius 3 is 2.37 bits per heavy atom. The van der Waals surface area contributed by atoms with Crippen molar-refractivity contribution >= 4 is 23.4 Å². The molecular formula is C27H20F3NO3S. The third-order valence-corrected chi connectivity index (χ3v) is 6.00. The van der Waals surface area contributed by atoms with E-state index in [1.54, 1.807) is 17.5 Å². The number of hydrogen-bond donors (Lipinski definition) is 1. The quantitative estimate of drug-likeness (QED) is 0.280. The van der Waals surface area contributed by atoms with Crippen molar-refractivity contribution in [3.63, 3.8) is 0 Å². The fourth-order valence-corrected chi connectivity index (χ4v) is 4.20. The van der Waals surface area contributed by atoms with Crippen LogP contribution in [-0.4, -0.2) is 22.7 Å². The second-order valence-corrected chi connectivity index (χ2v) is 8.51. The molecule has 178 valence electrons. The minimum absolute atomic E-state index is 0.108. The number of rotatable bonds is 8. The molecule has 1 aromatic heterocycles. The Labute approximate surface area is 204 Å². The van der Waals surface area contributed by atoms with Crippen LogP contribution in [0.15, 0.2) is 84.3 Å². The number of aliphatic carboxylic acids is 1. The molecule has 0 unspecified atom stereocenters. The van der Waals surface area contributed by atoms with Crippen LogP contribution in [-0.2, 0) is 17.4 Å². The van der Waals surface area contributed by atoms with Crippen molar-refractivity contribution in [3.8, 4) is 27.4 Å². The molecule has 0 aliphatic rings. The maximum atomic E-state index is 12.7. The summed E-state index contributed by atoms with van der Waals surface area (Å²) in [5.74, 6) is -0.260. The van der Waals surface area contributed by atoms with Gasteiger partial charge >= 0.3 is 12.1 Å². The molecule has 1 N–H and O–H groups in total. The van der Waals surface area contributed by atoms with Gasteiger partial charge in [-0.15, -0.1) is 11.3 Å². The number of carbonyl (C=O) groups is 1. The molecule has 4 rings (SSSR count). The number of aromatic nitrogens is 1. The molecule has 0 saturated carbocycles. The van der Waals surface area contributed by atoms with Gasteiger partial charge in [-0.2, -0.15) is 13.2 Å². The Balaban J connectivity index is 1.41. The van der Waals surface area contributed by atoms with Gasteiger partial charge in [-0.3, -0.25) is 4.79 Å². The summed E-state index contributed by atoms with van der Waals surface area (Å²) in [7, 11) is 0. The molecule has 4 nitrogen and oxygen atoms in total. The van der Waals surface area contributed by atoms with Gasteiger partial charge in [0, 0.05) is 10.9 Å². The van der Waals surface area contributed by atoms with Gasteiger partial charge in [0.2, 0.25) is 0 Å². The molecule has 3 aromatic carbocycles. The molecule has 1 heterocycles. The van der Waals surface area contributed by atoms with E-state index in [0.717, 1.165) is 33.8 Å². The second kappa shape index (κ2) is 10.6. The average Bonchev–Trinajstić information content (AvgIpc) is 3.30. The summed E-state index contributed by atoms with van der Waals surface area (Å²) >= 11 is 1.40. The maximum Gasteiger partial charge on any atom is 0.416 e. The van der Waals surface area contributed by atoms with E-state index < -0.39 is 17.7 Å². The predicted octanol–water partition coefficient (Wildman–Crippen LogP) is 7.22. The number of halogens is 3. The van der Waals surface area contributed by atoms with Crippen molar-refractivity contribution in [2.45, 2.75) is 12.6 Å². The molecule has 0 atom stereocenters. The fourth-order valence-electron chi connectivity index (χ4n) is 3.38. The smallest absolute Gasteiger partial charge is 0.416 e. The Kier molecular flexibility index (Phi) is 7.31. The van der Waals surface area contributed by atoms with E-state index in [-0.39, 0.29) is 13.0 Å². The Hall–Kier alpha value is -3.91. The first-order valence-electron chi connectivity index (χ1n) is 10.6. The van der Waals surface area contributed by atoms with E-state index in [0.29, 0.717) is 17.0 Å². The zero-order valence-corrected chi connectivity index (χ0v) is 19.1. The average molecular weight is 496 g/mol. The van der Waals surface area contributed by atoms with E-state index in [1.807, 2.05) is 48.5 Å². The molecule has 0 fully saturated rings. The molecule has 0 aliphatic carbocycles.